The predicted octanol–water partition coefficient (Wildman–Crippen LogP) is 5.80. The number of aryl methyl sites for hydroxylation is 2. The average molecular weight is 594 g/mol. The fourth-order valence-electron chi connectivity index (χ4n) is 6.25. The summed E-state index contributed by atoms with van der Waals surface area (Å²) in [7, 11) is 0. The molecule has 2 N–H and O–H groups in total. The molecule has 0 unspecified atom stereocenters. The Bertz CT molecular complexity index is 1160. The summed E-state index contributed by atoms with van der Waals surface area (Å²) in [6.07, 6.45) is 7.61. The first-order valence-electron chi connectivity index (χ1n) is 12.7. The number of benzene rings is 1. The van der Waals surface area contributed by atoms with Crippen molar-refractivity contribution in [3.05, 3.63) is 61.3 Å². The van der Waals surface area contributed by atoms with Gasteiger partial charge in [0.25, 0.3) is 0 Å². The zero-order valence-corrected chi connectivity index (χ0v) is 23.3. The van der Waals surface area contributed by atoms with E-state index in [1.165, 1.54) is 16.7 Å². The number of hydrogen-bond donors (Lipinski definition) is 1. The van der Waals surface area contributed by atoms with Crippen molar-refractivity contribution < 1.29 is 9.59 Å². The lowest BCUT2D eigenvalue weighted by atomic mass is 9.76. The number of halogens is 3. The monoisotopic (exact) mass is 592 g/mol. The second kappa shape index (κ2) is 10.9. The van der Waals surface area contributed by atoms with Crippen LogP contribution in [-0.4, -0.2) is 52.9 Å². The number of nitrogens with two attached hydrogens (primary N) is 1. The van der Waals surface area contributed by atoms with Gasteiger partial charge in [-0.05, 0) is 85.3 Å². The zero-order valence-electron chi connectivity index (χ0n) is 20.2. The molecule has 3 amide bonds. The molecule has 5 rings (SSSR count). The molecule has 9 heteroatoms. The van der Waals surface area contributed by atoms with E-state index in [9.17, 15) is 9.59 Å². The van der Waals surface area contributed by atoms with Gasteiger partial charge in [0, 0.05) is 54.2 Å². The van der Waals surface area contributed by atoms with E-state index in [0.717, 1.165) is 66.8 Å². The molecule has 1 aromatic carbocycles. The van der Waals surface area contributed by atoms with Crippen LogP contribution in [-0.2, 0) is 17.6 Å². The lowest BCUT2D eigenvalue weighted by Gasteiger charge is -2.38. The van der Waals surface area contributed by atoms with Crippen LogP contribution in [0.2, 0.25) is 10.0 Å². The SMILES string of the molecule is NC(=O)N1CCC(CC(=O)N2CCC([C@H]3c4ncc(Cl)cc4CCc4cc(Cl)cc(Br)c43)CC2)CC1. The summed E-state index contributed by atoms with van der Waals surface area (Å²) < 4.78 is 1.03. The Balaban J connectivity index is 1.31. The van der Waals surface area contributed by atoms with Crippen LogP contribution in [0.3, 0.4) is 0 Å². The molecule has 1 atom stereocenters. The van der Waals surface area contributed by atoms with Crippen molar-refractivity contribution in [2.75, 3.05) is 26.2 Å². The van der Waals surface area contributed by atoms with Crippen LogP contribution in [0.25, 0.3) is 0 Å². The minimum absolute atomic E-state index is 0.136. The van der Waals surface area contributed by atoms with E-state index in [1.807, 2.05) is 11.0 Å². The number of fused-ring (bicyclic) bond motifs is 2. The van der Waals surface area contributed by atoms with Crippen molar-refractivity contribution in [2.45, 2.75) is 50.9 Å². The molecule has 2 fully saturated rings. The maximum atomic E-state index is 13.1. The molecule has 1 aromatic heterocycles. The van der Waals surface area contributed by atoms with Crippen LogP contribution in [0.5, 0.6) is 0 Å². The third kappa shape index (κ3) is 5.39. The lowest BCUT2D eigenvalue weighted by molar-refractivity contribution is -0.134. The van der Waals surface area contributed by atoms with Gasteiger partial charge in [-0.3, -0.25) is 9.78 Å². The first kappa shape index (κ1) is 25.8. The number of carbonyl (C=O) groups excluding carboxylic acids is 2. The molecule has 6 nitrogen and oxygen atoms in total. The van der Waals surface area contributed by atoms with Crippen molar-refractivity contribution in [3.63, 3.8) is 0 Å². The van der Waals surface area contributed by atoms with Crippen LogP contribution in [0.4, 0.5) is 4.79 Å². The highest BCUT2D eigenvalue weighted by Crippen LogP contribution is 2.46. The number of hydrogen-bond acceptors (Lipinski definition) is 3. The third-order valence-electron chi connectivity index (χ3n) is 8.17. The number of rotatable bonds is 3. The van der Waals surface area contributed by atoms with Crippen LogP contribution in [0, 0.1) is 11.8 Å². The normalized spacial score (nSPS) is 21.0. The zero-order chi connectivity index (χ0) is 25.4. The Labute approximate surface area is 230 Å². The van der Waals surface area contributed by atoms with Gasteiger partial charge in [-0.25, -0.2) is 4.79 Å². The number of pyridine rings is 1. The number of nitrogens with zero attached hydrogens (tertiary/aromatic N) is 3. The van der Waals surface area contributed by atoms with E-state index in [1.54, 1.807) is 11.1 Å². The molecule has 2 aliphatic heterocycles. The maximum absolute atomic E-state index is 13.1. The van der Waals surface area contributed by atoms with Crippen LogP contribution in [0.1, 0.15) is 60.4 Å². The van der Waals surface area contributed by atoms with Gasteiger partial charge in [-0.15, -0.1) is 0 Å². The van der Waals surface area contributed by atoms with Crippen LogP contribution >= 0.6 is 39.1 Å². The Morgan fingerprint density at radius 3 is 2.28 bits per heavy atom. The van der Waals surface area contributed by atoms with Gasteiger partial charge in [0.05, 0.1) is 10.7 Å². The van der Waals surface area contributed by atoms with Gasteiger partial charge in [0.15, 0.2) is 0 Å². The fourth-order valence-corrected chi connectivity index (χ4v) is 7.55. The van der Waals surface area contributed by atoms with Crippen LogP contribution in [0.15, 0.2) is 28.9 Å². The maximum Gasteiger partial charge on any atom is 0.314 e. The van der Waals surface area contributed by atoms with Gasteiger partial charge >= 0.3 is 6.03 Å². The predicted molar refractivity (Wildman–Crippen MR) is 145 cm³/mol. The summed E-state index contributed by atoms with van der Waals surface area (Å²) in [6.45, 7) is 2.80. The lowest BCUT2D eigenvalue weighted by Crippen LogP contribution is -2.44. The highest BCUT2D eigenvalue weighted by molar-refractivity contribution is 9.10. The second-order valence-electron chi connectivity index (χ2n) is 10.3. The third-order valence-corrected chi connectivity index (χ3v) is 9.25. The molecule has 3 aliphatic rings. The number of amides is 3. The molecule has 2 saturated heterocycles. The molecule has 0 saturated carbocycles. The molecule has 0 radical (unpaired) electrons. The molecular weight excluding hydrogens is 563 g/mol. The van der Waals surface area contributed by atoms with Crippen LogP contribution < -0.4 is 5.73 Å². The second-order valence-corrected chi connectivity index (χ2v) is 12.1. The number of piperidine rings is 2. The Hall–Kier alpha value is -1.83. The number of likely N-dealkylation sites (tertiary alicyclic amines) is 2. The Morgan fingerprint density at radius 2 is 1.58 bits per heavy atom. The topological polar surface area (TPSA) is 79.5 Å². The average Bonchev–Trinajstić information content (AvgIpc) is 3.01. The molecule has 0 bridgehead atoms. The summed E-state index contributed by atoms with van der Waals surface area (Å²) in [5.74, 6) is 1.05. The van der Waals surface area contributed by atoms with Crippen molar-refractivity contribution in [3.8, 4) is 0 Å². The smallest absolute Gasteiger partial charge is 0.314 e. The van der Waals surface area contributed by atoms with Gasteiger partial charge in [-0.2, -0.15) is 0 Å². The van der Waals surface area contributed by atoms with Gasteiger partial charge < -0.3 is 15.5 Å². The van der Waals surface area contributed by atoms with E-state index >= 15 is 0 Å². The van der Waals surface area contributed by atoms with E-state index < -0.39 is 0 Å². The summed E-state index contributed by atoms with van der Waals surface area (Å²) in [5, 5.41) is 1.40. The fraction of sp³-hybridized carbons (Fsp3) is 0.519. The van der Waals surface area contributed by atoms with Crippen molar-refractivity contribution >= 4 is 51.1 Å². The minimum atomic E-state index is -0.367. The summed E-state index contributed by atoms with van der Waals surface area (Å²) in [6, 6.07) is 5.76. The van der Waals surface area contributed by atoms with Crippen molar-refractivity contribution in [2.24, 2.45) is 17.6 Å². The number of urea groups is 1. The van der Waals surface area contributed by atoms with E-state index in [-0.39, 0.29) is 17.9 Å². The summed E-state index contributed by atoms with van der Waals surface area (Å²) >= 11 is 16.6. The summed E-state index contributed by atoms with van der Waals surface area (Å²) in [4.78, 5) is 33.0. The highest BCUT2D eigenvalue weighted by atomic mass is 79.9. The molecule has 36 heavy (non-hydrogen) atoms. The highest BCUT2D eigenvalue weighted by Gasteiger charge is 2.36. The van der Waals surface area contributed by atoms with E-state index in [4.69, 9.17) is 33.9 Å². The molecular formula is C27H31BrCl2N4O2. The first-order chi connectivity index (χ1) is 17.3. The molecule has 3 heterocycles. The summed E-state index contributed by atoms with van der Waals surface area (Å²) in [5.41, 5.74) is 10.2. The quantitative estimate of drug-likeness (QED) is 0.488. The Kier molecular flexibility index (Phi) is 7.80. The van der Waals surface area contributed by atoms with Gasteiger partial charge in [0.2, 0.25) is 5.91 Å². The van der Waals surface area contributed by atoms with Crippen molar-refractivity contribution in [1.29, 1.82) is 0 Å². The molecule has 0 spiro atoms. The van der Waals surface area contributed by atoms with Crippen molar-refractivity contribution in [1.82, 2.24) is 14.8 Å². The molecule has 1 aliphatic carbocycles. The first-order valence-corrected chi connectivity index (χ1v) is 14.3. The number of carbonyl (C=O) groups is 2. The Morgan fingerprint density at radius 1 is 0.944 bits per heavy atom. The largest absolute Gasteiger partial charge is 0.351 e. The number of primary amides is 1. The number of aromatic nitrogens is 1. The molecule has 192 valence electrons. The minimum Gasteiger partial charge on any atom is -0.351 e. The van der Waals surface area contributed by atoms with E-state index in [0.29, 0.717) is 36.4 Å². The van der Waals surface area contributed by atoms with Gasteiger partial charge in [-0.1, -0.05) is 39.1 Å². The van der Waals surface area contributed by atoms with E-state index in [2.05, 4.69) is 28.1 Å². The standard InChI is InChI=1S/C27H31BrCl2N4O2/c28-22-14-20(29)12-18-1-2-19-13-21(30)15-32-26(19)25(24(18)22)17-5-9-33(10-6-17)23(35)11-16-3-7-34(8-4-16)27(31)36/h12-17,25H,1-11H2,(H2,31,36)/t25-/m1/s1. The molecule has 2 aromatic rings. The van der Waals surface area contributed by atoms with Gasteiger partial charge in [0.1, 0.15) is 0 Å².